The molecule has 7 heteroatoms. The van der Waals surface area contributed by atoms with E-state index in [1.807, 2.05) is 0 Å². The number of aliphatic hydroxyl groups is 1. The third kappa shape index (κ3) is 11.4. The Morgan fingerprint density at radius 1 is 1.11 bits per heavy atom. The number of hydrogen-bond acceptors (Lipinski definition) is 5. The molecule has 222 valence electrons. The number of carbonyl (C=O) groups is 1. The average molecular weight is 555 g/mol. The molecule has 6 atom stereocenters. The van der Waals surface area contributed by atoms with Gasteiger partial charge in [-0.05, 0) is 87.8 Å². The molecule has 0 amide bonds. The van der Waals surface area contributed by atoms with Gasteiger partial charge in [0.1, 0.15) is 0 Å². The molecule has 0 radical (unpaired) electrons. The summed E-state index contributed by atoms with van der Waals surface area (Å²) in [6.07, 6.45) is 16.9. The van der Waals surface area contributed by atoms with Gasteiger partial charge in [0, 0.05) is 25.6 Å². The fraction of sp³-hybridized carbons (Fsp3) is 0.903. The molecule has 0 aromatic rings. The highest BCUT2D eigenvalue weighted by Gasteiger charge is 2.44. The van der Waals surface area contributed by atoms with Crippen LogP contribution in [0, 0.1) is 11.8 Å². The van der Waals surface area contributed by atoms with E-state index in [-0.39, 0.29) is 41.8 Å². The molecular weight excluding hydrogens is 496 g/mol. The standard InChI is InChI=1S/C31H58O6Si/c1-7-8-11-16-24(37-38(5,6)31(2,3)4)20-21-26-25(17-12-9-10-13-18-29(33)34)27(32)23-28(26)36-30-19-14-15-22-35-30/h9,12,24-28,30,32H,7-8,10-11,13-23H2,1-6H3,(H,33,34)/b12-9-/t24-,25+,26+,27-,28?,30?/m0/s1. The number of carboxylic acids is 1. The largest absolute Gasteiger partial charge is 0.481 e. The second-order valence-electron chi connectivity index (χ2n) is 13.2. The van der Waals surface area contributed by atoms with Crippen molar-refractivity contribution in [2.75, 3.05) is 6.61 Å². The van der Waals surface area contributed by atoms with E-state index in [2.05, 4.69) is 52.9 Å². The van der Waals surface area contributed by atoms with Gasteiger partial charge in [0.2, 0.25) is 0 Å². The molecule has 2 fully saturated rings. The first-order valence-electron chi connectivity index (χ1n) is 15.4. The fourth-order valence-electron chi connectivity index (χ4n) is 5.65. The zero-order valence-corrected chi connectivity index (χ0v) is 26.3. The monoisotopic (exact) mass is 554 g/mol. The third-order valence-corrected chi connectivity index (χ3v) is 13.6. The lowest BCUT2D eigenvalue weighted by Gasteiger charge is -2.40. The normalized spacial score (nSPS) is 27.7. The van der Waals surface area contributed by atoms with E-state index >= 15 is 0 Å². The van der Waals surface area contributed by atoms with E-state index in [9.17, 15) is 9.90 Å². The van der Waals surface area contributed by atoms with Crippen LogP contribution in [-0.2, 0) is 18.7 Å². The molecule has 2 N–H and O–H groups in total. The topological polar surface area (TPSA) is 85.2 Å². The second-order valence-corrected chi connectivity index (χ2v) is 17.9. The minimum absolute atomic E-state index is 0.00248. The molecule has 2 aliphatic rings. The molecule has 1 heterocycles. The summed E-state index contributed by atoms with van der Waals surface area (Å²) < 4.78 is 19.4. The predicted molar refractivity (Wildman–Crippen MR) is 157 cm³/mol. The van der Waals surface area contributed by atoms with Crippen molar-refractivity contribution in [2.24, 2.45) is 11.8 Å². The zero-order valence-electron chi connectivity index (χ0n) is 25.3. The van der Waals surface area contributed by atoms with Crippen molar-refractivity contribution in [3.63, 3.8) is 0 Å². The molecule has 0 spiro atoms. The average Bonchev–Trinajstić information content (AvgIpc) is 3.12. The minimum Gasteiger partial charge on any atom is -0.481 e. The summed E-state index contributed by atoms with van der Waals surface area (Å²) in [5.41, 5.74) is 0. The summed E-state index contributed by atoms with van der Waals surface area (Å²) >= 11 is 0. The van der Waals surface area contributed by atoms with Crippen molar-refractivity contribution in [3.8, 4) is 0 Å². The van der Waals surface area contributed by atoms with E-state index in [1.165, 1.54) is 19.3 Å². The van der Waals surface area contributed by atoms with E-state index in [4.69, 9.17) is 19.0 Å². The number of hydrogen-bond donors (Lipinski definition) is 2. The molecule has 1 aliphatic heterocycles. The van der Waals surface area contributed by atoms with Crippen molar-refractivity contribution in [2.45, 2.75) is 160 Å². The smallest absolute Gasteiger partial charge is 0.303 e. The number of allylic oxidation sites excluding steroid dienone is 2. The first kappa shape index (κ1) is 33.5. The zero-order chi connectivity index (χ0) is 28.2. The summed E-state index contributed by atoms with van der Waals surface area (Å²) in [4.78, 5) is 10.8. The Bertz CT molecular complexity index is 697. The van der Waals surface area contributed by atoms with Gasteiger partial charge in [-0.1, -0.05) is 59.1 Å². The first-order valence-corrected chi connectivity index (χ1v) is 18.3. The number of unbranched alkanes of at least 4 members (excludes halogenated alkanes) is 3. The molecule has 0 bridgehead atoms. The lowest BCUT2D eigenvalue weighted by atomic mass is 9.85. The molecule has 0 aromatic heterocycles. The number of aliphatic carboxylic acids is 1. The Labute approximate surface area is 234 Å². The summed E-state index contributed by atoms with van der Waals surface area (Å²) in [5.74, 6) is -0.345. The van der Waals surface area contributed by atoms with Gasteiger partial charge in [0.15, 0.2) is 14.6 Å². The number of rotatable bonds is 17. The lowest BCUT2D eigenvalue weighted by Crippen LogP contribution is -2.44. The highest BCUT2D eigenvalue weighted by Crippen LogP contribution is 2.43. The van der Waals surface area contributed by atoms with Gasteiger partial charge in [-0.3, -0.25) is 4.79 Å². The van der Waals surface area contributed by atoms with Crippen LogP contribution in [0.5, 0.6) is 0 Å². The van der Waals surface area contributed by atoms with E-state index in [1.54, 1.807) is 0 Å². The van der Waals surface area contributed by atoms with Gasteiger partial charge < -0.3 is 24.1 Å². The van der Waals surface area contributed by atoms with Crippen LogP contribution >= 0.6 is 0 Å². The highest BCUT2D eigenvalue weighted by atomic mass is 28.4. The molecule has 2 unspecified atom stereocenters. The summed E-state index contributed by atoms with van der Waals surface area (Å²) in [6.45, 7) is 14.6. The molecule has 6 nitrogen and oxygen atoms in total. The number of carboxylic acid groups (broad SMARTS) is 1. The molecule has 0 aromatic carbocycles. The van der Waals surface area contributed by atoms with Crippen LogP contribution in [0.2, 0.25) is 18.1 Å². The molecular formula is C31H58O6Si. The van der Waals surface area contributed by atoms with Gasteiger partial charge in [-0.25, -0.2) is 0 Å². The van der Waals surface area contributed by atoms with Crippen LogP contribution in [0.25, 0.3) is 0 Å². The Morgan fingerprint density at radius 3 is 2.50 bits per heavy atom. The number of aliphatic hydroxyl groups excluding tert-OH is 1. The quantitative estimate of drug-likeness (QED) is 0.108. The minimum atomic E-state index is -1.88. The van der Waals surface area contributed by atoms with Crippen molar-refractivity contribution in [1.29, 1.82) is 0 Å². The van der Waals surface area contributed by atoms with Gasteiger partial charge in [-0.2, -0.15) is 0 Å². The van der Waals surface area contributed by atoms with E-state index in [0.717, 1.165) is 58.0 Å². The molecule has 1 aliphatic carbocycles. The molecule has 38 heavy (non-hydrogen) atoms. The van der Waals surface area contributed by atoms with E-state index < -0.39 is 20.4 Å². The van der Waals surface area contributed by atoms with Crippen LogP contribution in [-0.4, -0.2) is 55.7 Å². The fourth-order valence-corrected chi connectivity index (χ4v) is 7.07. The SMILES string of the molecule is CCCCC[C@@H](CC[C@H]1C(OC2CCCCO2)C[C@H](O)[C@@H]1C/C=C\CCCC(=O)O)O[Si](C)(C)C(C)(C)C. The second kappa shape index (κ2) is 16.5. The summed E-state index contributed by atoms with van der Waals surface area (Å²) in [5, 5.41) is 20.2. The Morgan fingerprint density at radius 2 is 1.87 bits per heavy atom. The predicted octanol–water partition coefficient (Wildman–Crippen LogP) is 7.85. The van der Waals surface area contributed by atoms with Crippen LogP contribution in [0.1, 0.15) is 118 Å². The van der Waals surface area contributed by atoms with Crippen molar-refractivity contribution >= 4 is 14.3 Å². The Hall–Kier alpha value is -0.733. The Balaban J connectivity index is 2.10. The van der Waals surface area contributed by atoms with Crippen LogP contribution in [0.4, 0.5) is 0 Å². The van der Waals surface area contributed by atoms with Gasteiger partial charge in [-0.15, -0.1) is 0 Å². The van der Waals surface area contributed by atoms with Crippen molar-refractivity contribution in [3.05, 3.63) is 12.2 Å². The van der Waals surface area contributed by atoms with Gasteiger partial charge in [0.25, 0.3) is 0 Å². The maximum atomic E-state index is 11.1. The van der Waals surface area contributed by atoms with Crippen LogP contribution < -0.4 is 0 Å². The van der Waals surface area contributed by atoms with Crippen LogP contribution in [0.3, 0.4) is 0 Å². The molecule has 1 saturated carbocycles. The summed E-state index contributed by atoms with van der Waals surface area (Å²) in [7, 11) is -1.88. The molecule has 1 saturated heterocycles. The van der Waals surface area contributed by atoms with Crippen LogP contribution in [0.15, 0.2) is 12.2 Å². The maximum Gasteiger partial charge on any atom is 0.303 e. The lowest BCUT2D eigenvalue weighted by molar-refractivity contribution is -0.196. The Kier molecular flexibility index (Phi) is 14.5. The van der Waals surface area contributed by atoms with E-state index in [0.29, 0.717) is 12.8 Å². The maximum absolute atomic E-state index is 11.1. The van der Waals surface area contributed by atoms with Gasteiger partial charge in [0.05, 0.1) is 12.2 Å². The third-order valence-electron chi connectivity index (χ3n) is 9.02. The van der Waals surface area contributed by atoms with Gasteiger partial charge >= 0.3 is 5.97 Å². The highest BCUT2D eigenvalue weighted by molar-refractivity contribution is 6.74. The molecule has 2 rings (SSSR count). The first-order chi connectivity index (χ1) is 17.9. The van der Waals surface area contributed by atoms with Crippen molar-refractivity contribution < 1.29 is 28.9 Å². The number of ether oxygens (including phenoxy) is 2. The van der Waals surface area contributed by atoms with Crippen molar-refractivity contribution in [1.82, 2.24) is 0 Å². The summed E-state index contributed by atoms with van der Waals surface area (Å²) in [6, 6.07) is 0.